The van der Waals surface area contributed by atoms with Crippen LogP contribution >= 0.6 is 0 Å². The molecule has 22 heavy (non-hydrogen) atoms. The molecule has 3 heteroatoms. The molecule has 0 spiro atoms. The SMILES string of the molecule is COc1cccc(CC2CCN(Cc3ccccc3)C2=O)c1. The molecule has 1 unspecified atom stereocenters. The lowest BCUT2D eigenvalue weighted by Crippen LogP contribution is -2.27. The van der Waals surface area contributed by atoms with Crippen molar-refractivity contribution in [3.63, 3.8) is 0 Å². The fraction of sp³-hybridized carbons (Fsp3) is 0.316. The van der Waals surface area contributed by atoms with Gasteiger partial charge in [0.05, 0.1) is 7.11 Å². The maximum absolute atomic E-state index is 12.6. The second-order valence-corrected chi connectivity index (χ2v) is 5.79. The highest BCUT2D eigenvalue weighted by molar-refractivity contribution is 5.81. The van der Waals surface area contributed by atoms with Gasteiger partial charge in [-0.1, -0.05) is 42.5 Å². The van der Waals surface area contributed by atoms with E-state index in [2.05, 4.69) is 18.2 Å². The van der Waals surface area contributed by atoms with Gasteiger partial charge in [0, 0.05) is 19.0 Å². The molecular formula is C19H21NO2. The Kier molecular flexibility index (Phi) is 4.42. The zero-order valence-electron chi connectivity index (χ0n) is 12.9. The van der Waals surface area contributed by atoms with Crippen LogP contribution in [-0.2, 0) is 17.8 Å². The zero-order valence-corrected chi connectivity index (χ0v) is 12.9. The molecule has 0 aromatic heterocycles. The molecule has 1 atom stereocenters. The van der Waals surface area contributed by atoms with E-state index < -0.39 is 0 Å². The number of benzene rings is 2. The first-order valence-corrected chi connectivity index (χ1v) is 7.72. The predicted octanol–water partition coefficient (Wildman–Crippen LogP) is 3.29. The lowest BCUT2D eigenvalue weighted by molar-refractivity contribution is -0.131. The number of carbonyl (C=O) groups excluding carboxylic acids is 1. The highest BCUT2D eigenvalue weighted by atomic mass is 16.5. The molecule has 2 aromatic carbocycles. The van der Waals surface area contributed by atoms with Gasteiger partial charge in [-0.15, -0.1) is 0 Å². The molecule has 1 heterocycles. The largest absolute Gasteiger partial charge is 0.497 e. The summed E-state index contributed by atoms with van der Waals surface area (Å²) < 4.78 is 5.25. The molecule has 0 bridgehead atoms. The molecule has 2 aromatic rings. The van der Waals surface area contributed by atoms with E-state index in [0.29, 0.717) is 6.54 Å². The van der Waals surface area contributed by atoms with E-state index in [0.717, 1.165) is 25.1 Å². The summed E-state index contributed by atoms with van der Waals surface area (Å²) >= 11 is 0. The summed E-state index contributed by atoms with van der Waals surface area (Å²) in [7, 11) is 1.67. The Morgan fingerprint density at radius 1 is 1.09 bits per heavy atom. The van der Waals surface area contributed by atoms with Crippen molar-refractivity contribution in [2.45, 2.75) is 19.4 Å². The molecular weight excluding hydrogens is 274 g/mol. The van der Waals surface area contributed by atoms with Gasteiger partial charge in [0.15, 0.2) is 0 Å². The van der Waals surface area contributed by atoms with Crippen LogP contribution in [0.25, 0.3) is 0 Å². The lowest BCUT2D eigenvalue weighted by Gasteiger charge is -2.17. The third-order valence-corrected chi connectivity index (χ3v) is 4.24. The van der Waals surface area contributed by atoms with E-state index in [4.69, 9.17) is 4.74 Å². The van der Waals surface area contributed by atoms with Gasteiger partial charge >= 0.3 is 0 Å². The first kappa shape index (κ1) is 14.6. The Balaban J connectivity index is 1.63. The number of rotatable bonds is 5. The Labute approximate surface area is 131 Å². The van der Waals surface area contributed by atoms with Crippen molar-refractivity contribution >= 4 is 5.91 Å². The molecule has 3 nitrogen and oxygen atoms in total. The van der Waals surface area contributed by atoms with Crippen molar-refractivity contribution in [2.75, 3.05) is 13.7 Å². The van der Waals surface area contributed by atoms with Gasteiger partial charge in [0.2, 0.25) is 5.91 Å². The molecule has 0 saturated carbocycles. The summed E-state index contributed by atoms with van der Waals surface area (Å²) in [5.41, 5.74) is 2.36. The minimum atomic E-state index is 0.0934. The number of likely N-dealkylation sites (tertiary alicyclic amines) is 1. The van der Waals surface area contributed by atoms with Crippen molar-refractivity contribution in [2.24, 2.45) is 5.92 Å². The molecule has 1 aliphatic heterocycles. The third-order valence-electron chi connectivity index (χ3n) is 4.24. The fourth-order valence-corrected chi connectivity index (χ4v) is 3.04. The number of carbonyl (C=O) groups is 1. The lowest BCUT2D eigenvalue weighted by atomic mass is 9.98. The van der Waals surface area contributed by atoms with Crippen molar-refractivity contribution < 1.29 is 9.53 Å². The summed E-state index contributed by atoms with van der Waals surface area (Å²) in [5.74, 6) is 1.21. The summed E-state index contributed by atoms with van der Waals surface area (Å²) in [6.45, 7) is 1.57. The van der Waals surface area contributed by atoms with Crippen LogP contribution in [0.4, 0.5) is 0 Å². The number of ether oxygens (including phenoxy) is 1. The Hall–Kier alpha value is -2.29. The summed E-state index contributed by atoms with van der Waals surface area (Å²) in [4.78, 5) is 14.5. The molecule has 1 aliphatic rings. The normalized spacial score (nSPS) is 17.8. The zero-order chi connectivity index (χ0) is 15.4. The summed E-state index contributed by atoms with van der Waals surface area (Å²) in [6.07, 6.45) is 1.73. The topological polar surface area (TPSA) is 29.5 Å². The molecule has 1 fully saturated rings. The van der Waals surface area contributed by atoms with E-state index in [1.807, 2.05) is 41.3 Å². The average molecular weight is 295 g/mol. The first-order chi connectivity index (χ1) is 10.8. The molecule has 3 rings (SSSR count). The molecule has 0 radical (unpaired) electrons. The van der Waals surface area contributed by atoms with Crippen LogP contribution in [-0.4, -0.2) is 24.5 Å². The molecule has 0 aliphatic carbocycles. The second kappa shape index (κ2) is 6.65. The molecule has 1 amide bonds. The van der Waals surface area contributed by atoms with E-state index in [1.54, 1.807) is 7.11 Å². The second-order valence-electron chi connectivity index (χ2n) is 5.79. The quantitative estimate of drug-likeness (QED) is 0.847. The van der Waals surface area contributed by atoms with E-state index in [-0.39, 0.29) is 11.8 Å². The minimum Gasteiger partial charge on any atom is -0.497 e. The molecule has 0 N–H and O–H groups in total. The van der Waals surface area contributed by atoms with Crippen molar-refractivity contribution in [1.82, 2.24) is 4.90 Å². The molecule has 1 saturated heterocycles. The number of hydrogen-bond donors (Lipinski definition) is 0. The van der Waals surface area contributed by atoms with Crippen LogP contribution in [0.3, 0.4) is 0 Å². The maximum atomic E-state index is 12.6. The number of methoxy groups -OCH3 is 1. The Morgan fingerprint density at radius 3 is 2.64 bits per heavy atom. The van der Waals surface area contributed by atoms with Gasteiger partial charge < -0.3 is 9.64 Å². The predicted molar refractivity (Wildman–Crippen MR) is 86.7 cm³/mol. The van der Waals surface area contributed by atoms with Gasteiger partial charge in [0.25, 0.3) is 0 Å². The van der Waals surface area contributed by atoms with Gasteiger partial charge in [-0.05, 0) is 36.1 Å². The van der Waals surface area contributed by atoms with Gasteiger partial charge in [-0.2, -0.15) is 0 Å². The van der Waals surface area contributed by atoms with E-state index >= 15 is 0 Å². The number of nitrogens with zero attached hydrogens (tertiary/aromatic N) is 1. The molecule has 114 valence electrons. The third kappa shape index (κ3) is 3.30. The van der Waals surface area contributed by atoms with Crippen LogP contribution in [0.1, 0.15) is 17.5 Å². The van der Waals surface area contributed by atoms with Crippen LogP contribution in [0.2, 0.25) is 0 Å². The van der Waals surface area contributed by atoms with Crippen molar-refractivity contribution in [3.8, 4) is 5.75 Å². The van der Waals surface area contributed by atoms with Gasteiger partial charge in [-0.3, -0.25) is 4.79 Å². The highest BCUT2D eigenvalue weighted by Crippen LogP contribution is 2.25. The number of hydrogen-bond acceptors (Lipinski definition) is 2. The first-order valence-electron chi connectivity index (χ1n) is 7.72. The van der Waals surface area contributed by atoms with Gasteiger partial charge in [0.1, 0.15) is 5.75 Å². The number of amides is 1. The summed E-state index contributed by atoms with van der Waals surface area (Å²) in [5, 5.41) is 0. The minimum absolute atomic E-state index is 0.0934. The monoisotopic (exact) mass is 295 g/mol. The highest BCUT2D eigenvalue weighted by Gasteiger charge is 2.31. The van der Waals surface area contributed by atoms with Crippen LogP contribution in [0.5, 0.6) is 5.75 Å². The van der Waals surface area contributed by atoms with Crippen LogP contribution in [0.15, 0.2) is 54.6 Å². The Bertz CT molecular complexity index is 639. The standard InChI is InChI=1S/C19H21NO2/c1-22-18-9-5-8-16(13-18)12-17-10-11-20(19(17)21)14-15-6-3-2-4-7-15/h2-9,13,17H,10-12,14H2,1H3. The van der Waals surface area contributed by atoms with Crippen molar-refractivity contribution in [1.29, 1.82) is 0 Å². The van der Waals surface area contributed by atoms with E-state index in [9.17, 15) is 4.79 Å². The van der Waals surface area contributed by atoms with E-state index in [1.165, 1.54) is 11.1 Å². The fourth-order valence-electron chi connectivity index (χ4n) is 3.04. The maximum Gasteiger partial charge on any atom is 0.226 e. The van der Waals surface area contributed by atoms with Crippen LogP contribution < -0.4 is 4.74 Å². The average Bonchev–Trinajstić information content (AvgIpc) is 2.89. The van der Waals surface area contributed by atoms with Crippen molar-refractivity contribution in [3.05, 3.63) is 65.7 Å². The van der Waals surface area contributed by atoms with Crippen LogP contribution in [0, 0.1) is 5.92 Å². The smallest absolute Gasteiger partial charge is 0.226 e. The Morgan fingerprint density at radius 2 is 1.86 bits per heavy atom. The van der Waals surface area contributed by atoms with Gasteiger partial charge in [-0.25, -0.2) is 0 Å². The summed E-state index contributed by atoms with van der Waals surface area (Å²) in [6, 6.07) is 18.2.